The van der Waals surface area contributed by atoms with Gasteiger partial charge >= 0.3 is 0 Å². The Hall–Kier alpha value is -1.88. The van der Waals surface area contributed by atoms with Gasteiger partial charge < -0.3 is 10.2 Å². The van der Waals surface area contributed by atoms with Crippen molar-refractivity contribution < 1.29 is 4.79 Å². The van der Waals surface area contributed by atoms with E-state index in [1.807, 2.05) is 29.8 Å². The molecule has 0 radical (unpaired) electrons. The van der Waals surface area contributed by atoms with Crippen LogP contribution in [0.4, 0.5) is 10.8 Å². The monoisotopic (exact) mass is 285 g/mol. The lowest BCUT2D eigenvalue weighted by Gasteiger charge is -2.37. The number of carbonyl (C=O) groups is 1. The van der Waals surface area contributed by atoms with E-state index in [4.69, 9.17) is 0 Å². The smallest absolute Gasteiger partial charge is 0.235 e. The van der Waals surface area contributed by atoms with Gasteiger partial charge in [-0.3, -0.25) is 4.79 Å². The summed E-state index contributed by atoms with van der Waals surface area (Å²) in [4.78, 5) is 19.1. The van der Waals surface area contributed by atoms with Crippen LogP contribution >= 0.6 is 11.3 Å². The number of rotatable bonds is 1. The van der Waals surface area contributed by atoms with Crippen molar-refractivity contribution in [3.8, 4) is 0 Å². The van der Waals surface area contributed by atoms with Crippen LogP contribution in [0.3, 0.4) is 0 Å². The van der Waals surface area contributed by atoms with Gasteiger partial charge in [-0.25, -0.2) is 4.98 Å². The summed E-state index contributed by atoms with van der Waals surface area (Å²) in [5.74, 6) is 0.164. The van der Waals surface area contributed by atoms with E-state index in [2.05, 4.69) is 21.3 Å². The molecule has 1 amide bonds. The number of carbonyl (C=O) groups excluding carboxylic acids is 1. The lowest BCUT2D eigenvalue weighted by Crippen LogP contribution is -2.46. The fourth-order valence-electron chi connectivity index (χ4n) is 3.32. The number of nitrogens with one attached hydrogen (secondary N) is 1. The molecule has 0 atom stereocenters. The standard InChI is InChI=1S/C15H15N3OS/c19-13-15(11-3-1-2-4-12(11)17-13)5-8-18(9-6-15)14-16-7-10-20-14/h1-4,7,10H,5-6,8-9H2,(H,17,19). The molecule has 1 fully saturated rings. The van der Waals surface area contributed by atoms with Gasteiger partial charge in [-0.15, -0.1) is 11.3 Å². The SMILES string of the molecule is O=C1Nc2ccccc2C12CCN(c1nccs1)CC2. The van der Waals surface area contributed by atoms with Gasteiger partial charge in [0.05, 0.1) is 5.41 Å². The molecule has 1 N–H and O–H groups in total. The number of fused-ring (bicyclic) bond motifs is 2. The van der Waals surface area contributed by atoms with Crippen LogP contribution in [0, 0.1) is 0 Å². The molecule has 1 aromatic heterocycles. The quantitative estimate of drug-likeness (QED) is 0.876. The van der Waals surface area contributed by atoms with E-state index in [9.17, 15) is 4.79 Å². The molecule has 0 unspecified atom stereocenters. The minimum Gasteiger partial charge on any atom is -0.348 e. The molecule has 1 spiro atoms. The Morgan fingerprint density at radius 2 is 2.05 bits per heavy atom. The number of nitrogens with zero attached hydrogens (tertiary/aromatic N) is 2. The number of hydrogen-bond donors (Lipinski definition) is 1. The van der Waals surface area contributed by atoms with Crippen LogP contribution in [0.25, 0.3) is 0 Å². The Labute approximate surface area is 121 Å². The predicted octanol–water partition coefficient (Wildman–Crippen LogP) is 2.63. The second-order valence-corrected chi connectivity index (χ2v) is 6.26. The van der Waals surface area contributed by atoms with Crippen LogP contribution in [-0.4, -0.2) is 24.0 Å². The van der Waals surface area contributed by atoms with Crippen molar-refractivity contribution in [3.05, 3.63) is 41.4 Å². The third kappa shape index (κ3) is 1.59. The molecule has 2 aliphatic heterocycles. The summed E-state index contributed by atoms with van der Waals surface area (Å²) in [5.41, 5.74) is 1.83. The Morgan fingerprint density at radius 3 is 2.80 bits per heavy atom. The summed E-state index contributed by atoms with van der Waals surface area (Å²) in [5, 5.41) is 6.10. The molecule has 1 aromatic carbocycles. The average molecular weight is 285 g/mol. The van der Waals surface area contributed by atoms with Crippen LogP contribution in [0.1, 0.15) is 18.4 Å². The van der Waals surface area contributed by atoms with Crippen molar-refractivity contribution in [2.24, 2.45) is 0 Å². The van der Waals surface area contributed by atoms with Crippen LogP contribution in [0.2, 0.25) is 0 Å². The van der Waals surface area contributed by atoms with E-state index in [-0.39, 0.29) is 11.3 Å². The molecular weight excluding hydrogens is 270 g/mol. The maximum atomic E-state index is 12.5. The number of para-hydroxylation sites is 1. The van der Waals surface area contributed by atoms with Gasteiger partial charge in [-0.1, -0.05) is 18.2 Å². The first kappa shape index (κ1) is 11.9. The van der Waals surface area contributed by atoms with Gasteiger partial charge in [0.25, 0.3) is 0 Å². The zero-order valence-electron chi connectivity index (χ0n) is 11.0. The molecule has 0 saturated carbocycles. The predicted molar refractivity (Wildman–Crippen MR) is 80.3 cm³/mol. The molecule has 0 aliphatic carbocycles. The fourth-order valence-corrected chi connectivity index (χ4v) is 4.02. The number of aromatic nitrogens is 1. The highest BCUT2D eigenvalue weighted by Gasteiger charge is 2.48. The molecule has 1 saturated heterocycles. The molecule has 4 nitrogen and oxygen atoms in total. The van der Waals surface area contributed by atoms with Crippen LogP contribution in [0.15, 0.2) is 35.8 Å². The van der Waals surface area contributed by atoms with Gasteiger partial charge in [0.2, 0.25) is 5.91 Å². The molecule has 20 heavy (non-hydrogen) atoms. The van der Waals surface area contributed by atoms with Crippen molar-refractivity contribution in [1.82, 2.24) is 4.98 Å². The summed E-state index contributed by atoms with van der Waals surface area (Å²) in [6.07, 6.45) is 3.55. The highest BCUT2D eigenvalue weighted by atomic mass is 32.1. The lowest BCUT2D eigenvalue weighted by molar-refractivity contribution is -0.121. The van der Waals surface area contributed by atoms with Gasteiger partial charge in [0.1, 0.15) is 0 Å². The molecule has 102 valence electrons. The highest BCUT2D eigenvalue weighted by Crippen LogP contribution is 2.45. The first-order valence-electron chi connectivity index (χ1n) is 6.85. The minimum atomic E-state index is -0.329. The normalized spacial score (nSPS) is 20.0. The molecule has 5 heteroatoms. The third-order valence-electron chi connectivity index (χ3n) is 4.43. The number of anilines is 2. The largest absolute Gasteiger partial charge is 0.348 e. The van der Waals surface area contributed by atoms with Crippen LogP contribution in [-0.2, 0) is 10.2 Å². The van der Waals surface area contributed by atoms with Crippen molar-refractivity contribution in [3.63, 3.8) is 0 Å². The van der Waals surface area contributed by atoms with Crippen molar-refractivity contribution in [1.29, 1.82) is 0 Å². The summed E-state index contributed by atoms with van der Waals surface area (Å²) in [6.45, 7) is 1.77. The number of thiazole rings is 1. The summed E-state index contributed by atoms with van der Waals surface area (Å²) >= 11 is 1.66. The highest BCUT2D eigenvalue weighted by molar-refractivity contribution is 7.13. The number of piperidine rings is 1. The summed E-state index contributed by atoms with van der Waals surface area (Å²) < 4.78 is 0. The maximum Gasteiger partial charge on any atom is 0.235 e. The first-order valence-corrected chi connectivity index (χ1v) is 7.73. The third-order valence-corrected chi connectivity index (χ3v) is 5.26. The second kappa shape index (κ2) is 4.31. The van der Waals surface area contributed by atoms with E-state index < -0.39 is 0 Å². The van der Waals surface area contributed by atoms with Gasteiger partial charge in [0, 0.05) is 30.4 Å². The zero-order valence-corrected chi connectivity index (χ0v) is 11.8. The molecule has 3 heterocycles. The number of benzene rings is 1. The van der Waals surface area contributed by atoms with Crippen molar-refractivity contribution in [2.45, 2.75) is 18.3 Å². The first-order chi connectivity index (χ1) is 9.79. The van der Waals surface area contributed by atoms with Gasteiger partial charge in [0.15, 0.2) is 5.13 Å². The number of amides is 1. The van der Waals surface area contributed by atoms with Gasteiger partial charge in [-0.05, 0) is 24.5 Å². The summed E-state index contributed by atoms with van der Waals surface area (Å²) in [6, 6.07) is 8.08. The average Bonchev–Trinajstić information content (AvgIpc) is 3.09. The Balaban J connectivity index is 1.63. The molecule has 4 rings (SSSR count). The second-order valence-electron chi connectivity index (χ2n) is 5.38. The molecule has 2 aromatic rings. The van der Waals surface area contributed by atoms with Crippen molar-refractivity contribution >= 4 is 28.1 Å². The minimum absolute atomic E-state index is 0.164. The van der Waals surface area contributed by atoms with Crippen LogP contribution in [0.5, 0.6) is 0 Å². The van der Waals surface area contributed by atoms with E-state index >= 15 is 0 Å². The Kier molecular flexibility index (Phi) is 2.57. The lowest BCUT2D eigenvalue weighted by atomic mass is 9.74. The van der Waals surface area contributed by atoms with E-state index in [0.717, 1.165) is 36.8 Å². The maximum absolute atomic E-state index is 12.5. The van der Waals surface area contributed by atoms with E-state index in [1.165, 1.54) is 5.56 Å². The Bertz CT molecular complexity index is 645. The zero-order chi connectivity index (χ0) is 13.6. The molecule has 2 aliphatic rings. The number of hydrogen-bond acceptors (Lipinski definition) is 4. The topological polar surface area (TPSA) is 45.2 Å². The van der Waals surface area contributed by atoms with Gasteiger partial charge in [-0.2, -0.15) is 0 Å². The van der Waals surface area contributed by atoms with Crippen LogP contribution < -0.4 is 10.2 Å². The van der Waals surface area contributed by atoms with E-state index in [0.29, 0.717) is 0 Å². The molecular formula is C15H15N3OS. The Morgan fingerprint density at radius 1 is 1.25 bits per heavy atom. The van der Waals surface area contributed by atoms with E-state index in [1.54, 1.807) is 11.3 Å². The fraction of sp³-hybridized carbons (Fsp3) is 0.333. The molecule has 0 bridgehead atoms. The summed E-state index contributed by atoms with van der Waals surface area (Å²) in [7, 11) is 0. The van der Waals surface area contributed by atoms with Crippen molar-refractivity contribution in [2.75, 3.05) is 23.3 Å².